The molecule has 1 aromatic heterocycles. The minimum absolute atomic E-state index is 0.433. The van der Waals surface area contributed by atoms with Crippen LogP contribution >= 0.6 is 0 Å². The van der Waals surface area contributed by atoms with E-state index in [2.05, 4.69) is 59.5 Å². The predicted octanol–water partition coefficient (Wildman–Crippen LogP) is 5.92. The molecule has 2 aromatic carbocycles. The Morgan fingerprint density at radius 1 is 1.10 bits per heavy atom. The summed E-state index contributed by atoms with van der Waals surface area (Å²) >= 11 is 0. The average Bonchev–Trinajstić information content (AvgIpc) is 3.25. The largest absolute Gasteiger partial charge is 0.463 e. The van der Waals surface area contributed by atoms with Crippen molar-refractivity contribution in [1.29, 1.82) is 0 Å². The van der Waals surface area contributed by atoms with Crippen LogP contribution in [-0.2, 0) is 0 Å². The summed E-state index contributed by atoms with van der Waals surface area (Å²) in [6.07, 6.45) is 6.38. The Hall–Kier alpha value is -2.99. The first-order valence-electron chi connectivity index (χ1n) is 10.7. The van der Waals surface area contributed by atoms with E-state index < -0.39 is 6.86 Å². The molecular formula is C25H28FN3O2. The third-order valence-corrected chi connectivity index (χ3v) is 5.92. The van der Waals surface area contributed by atoms with Crippen molar-refractivity contribution in [2.45, 2.75) is 31.7 Å². The molecular weight excluding hydrogens is 393 g/mol. The van der Waals surface area contributed by atoms with E-state index in [0.29, 0.717) is 29.4 Å². The van der Waals surface area contributed by atoms with Gasteiger partial charge in [0.2, 0.25) is 12.7 Å². The van der Waals surface area contributed by atoms with Crippen molar-refractivity contribution in [1.82, 2.24) is 15.0 Å². The number of alkyl halides is 1. The lowest BCUT2D eigenvalue weighted by Gasteiger charge is -2.36. The fraction of sp³-hybridized carbons (Fsp3) is 0.360. The first-order chi connectivity index (χ1) is 15.1. The highest BCUT2D eigenvalue weighted by Crippen LogP contribution is 2.39. The van der Waals surface area contributed by atoms with Crippen LogP contribution in [0.1, 0.15) is 43.2 Å². The van der Waals surface area contributed by atoms with Gasteiger partial charge < -0.3 is 14.2 Å². The summed E-state index contributed by atoms with van der Waals surface area (Å²) in [6, 6.07) is 18.2. The molecule has 4 rings (SSSR count). The molecule has 1 atom stereocenters. The summed E-state index contributed by atoms with van der Waals surface area (Å²) in [4.78, 5) is 6.84. The lowest BCUT2D eigenvalue weighted by atomic mass is 9.78. The molecule has 3 aromatic rings. The van der Waals surface area contributed by atoms with Crippen molar-refractivity contribution >= 4 is 6.08 Å². The minimum atomic E-state index is -0.846. The van der Waals surface area contributed by atoms with Crippen LogP contribution < -0.4 is 4.74 Å². The molecule has 0 spiro atoms. The maximum Gasteiger partial charge on any atom is 0.250 e. The SMILES string of the molecule is CN(C)C(c1ccccc1)C1CCC(=Cc2nc(-c3ccc(OCF)cc3)no2)CC1. The third-order valence-electron chi connectivity index (χ3n) is 5.92. The van der Waals surface area contributed by atoms with Crippen molar-refractivity contribution in [2.24, 2.45) is 5.92 Å². The van der Waals surface area contributed by atoms with Gasteiger partial charge in [0.15, 0.2) is 0 Å². The van der Waals surface area contributed by atoms with Gasteiger partial charge in [-0.15, -0.1) is 0 Å². The van der Waals surface area contributed by atoms with Crippen LogP contribution in [0.4, 0.5) is 4.39 Å². The van der Waals surface area contributed by atoms with Gasteiger partial charge in [0.25, 0.3) is 5.89 Å². The van der Waals surface area contributed by atoms with Crippen molar-refractivity contribution in [3.63, 3.8) is 0 Å². The standard InChI is InChI=1S/C25H28FN3O2/c1-29(2)24(19-6-4-3-5-7-19)20-10-8-18(9-11-20)16-23-27-25(28-31-23)21-12-14-22(15-13-21)30-17-26/h3-7,12-16,20,24H,8-11,17H2,1-2H3. The molecule has 1 saturated carbocycles. The number of hydrogen-bond acceptors (Lipinski definition) is 5. The van der Waals surface area contributed by atoms with E-state index in [0.717, 1.165) is 31.2 Å². The van der Waals surface area contributed by atoms with Gasteiger partial charge in [-0.05, 0) is 75.5 Å². The van der Waals surface area contributed by atoms with Crippen LogP contribution in [0.25, 0.3) is 17.5 Å². The smallest absolute Gasteiger partial charge is 0.250 e. The van der Waals surface area contributed by atoms with Crippen LogP contribution in [0.3, 0.4) is 0 Å². The summed E-state index contributed by atoms with van der Waals surface area (Å²) in [5, 5.41) is 4.08. The maximum absolute atomic E-state index is 12.3. The van der Waals surface area contributed by atoms with E-state index in [-0.39, 0.29) is 0 Å². The van der Waals surface area contributed by atoms with E-state index in [4.69, 9.17) is 9.26 Å². The lowest BCUT2D eigenvalue weighted by Crippen LogP contribution is -2.29. The van der Waals surface area contributed by atoms with E-state index in [1.807, 2.05) is 6.08 Å². The number of benzene rings is 2. The summed E-state index contributed by atoms with van der Waals surface area (Å²) in [5.74, 6) is 2.14. The maximum atomic E-state index is 12.3. The van der Waals surface area contributed by atoms with Gasteiger partial charge >= 0.3 is 0 Å². The van der Waals surface area contributed by atoms with Crippen molar-refractivity contribution in [2.75, 3.05) is 21.0 Å². The number of halogens is 1. The van der Waals surface area contributed by atoms with Gasteiger partial charge in [0.1, 0.15) is 5.75 Å². The molecule has 1 aliphatic rings. The second-order valence-corrected chi connectivity index (χ2v) is 8.19. The Kier molecular flexibility index (Phi) is 6.77. The minimum Gasteiger partial charge on any atom is -0.463 e. The second-order valence-electron chi connectivity index (χ2n) is 8.19. The monoisotopic (exact) mass is 421 g/mol. The van der Waals surface area contributed by atoms with Gasteiger partial charge in [-0.3, -0.25) is 0 Å². The summed E-state index contributed by atoms with van der Waals surface area (Å²) < 4.78 is 22.5. The molecule has 31 heavy (non-hydrogen) atoms. The zero-order valence-electron chi connectivity index (χ0n) is 18.0. The number of hydrogen-bond donors (Lipinski definition) is 0. The topological polar surface area (TPSA) is 51.4 Å². The van der Waals surface area contributed by atoms with Crippen molar-refractivity contribution < 1.29 is 13.7 Å². The molecule has 6 heteroatoms. The van der Waals surface area contributed by atoms with E-state index >= 15 is 0 Å². The van der Waals surface area contributed by atoms with Crippen LogP contribution in [0, 0.1) is 5.92 Å². The molecule has 0 aliphatic heterocycles. The highest BCUT2D eigenvalue weighted by atomic mass is 19.1. The normalized spacial score (nSPS) is 17.5. The molecule has 0 saturated heterocycles. The molecule has 0 N–H and O–H groups in total. The molecule has 5 nitrogen and oxygen atoms in total. The zero-order chi connectivity index (χ0) is 21.6. The van der Waals surface area contributed by atoms with Crippen molar-refractivity contribution in [3.05, 3.63) is 71.6 Å². The zero-order valence-corrected chi connectivity index (χ0v) is 18.0. The van der Waals surface area contributed by atoms with Crippen LogP contribution in [0.2, 0.25) is 0 Å². The summed E-state index contributed by atoms with van der Waals surface area (Å²) in [6.45, 7) is -0.846. The Morgan fingerprint density at radius 2 is 1.81 bits per heavy atom. The molecule has 0 amide bonds. The van der Waals surface area contributed by atoms with Gasteiger partial charge in [0.05, 0.1) is 0 Å². The number of ether oxygens (including phenoxy) is 1. The number of aromatic nitrogens is 2. The Balaban J connectivity index is 1.40. The van der Waals surface area contributed by atoms with Crippen LogP contribution in [-0.4, -0.2) is 36.0 Å². The fourth-order valence-corrected chi connectivity index (χ4v) is 4.46. The first-order valence-corrected chi connectivity index (χ1v) is 10.7. The van der Waals surface area contributed by atoms with Crippen LogP contribution in [0.5, 0.6) is 5.75 Å². The highest BCUT2D eigenvalue weighted by Gasteiger charge is 2.28. The molecule has 162 valence electrons. The molecule has 1 unspecified atom stereocenters. The third kappa shape index (κ3) is 5.20. The quantitative estimate of drug-likeness (QED) is 0.474. The van der Waals surface area contributed by atoms with E-state index in [1.54, 1.807) is 24.3 Å². The summed E-state index contributed by atoms with van der Waals surface area (Å²) in [5.41, 5.74) is 3.54. The summed E-state index contributed by atoms with van der Waals surface area (Å²) in [7, 11) is 4.33. The number of rotatable bonds is 7. The molecule has 1 heterocycles. The molecule has 1 aliphatic carbocycles. The van der Waals surface area contributed by atoms with Gasteiger partial charge in [-0.1, -0.05) is 41.1 Å². The van der Waals surface area contributed by atoms with Gasteiger partial charge in [-0.25, -0.2) is 4.39 Å². The van der Waals surface area contributed by atoms with Crippen molar-refractivity contribution in [3.8, 4) is 17.1 Å². The Bertz CT molecular complexity index is 989. The average molecular weight is 422 g/mol. The van der Waals surface area contributed by atoms with E-state index in [1.165, 1.54) is 11.1 Å². The molecule has 0 bridgehead atoms. The van der Waals surface area contributed by atoms with Crippen LogP contribution in [0.15, 0.2) is 64.7 Å². The first kappa shape index (κ1) is 21.2. The molecule has 1 fully saturated rings. The lowest BCUT2D eigenvalue weighted by molar-refractivity contribution is 0.184. The Labute approximate surface area is 182 Å². The second kappa shape index (κ2) is 9.88. The van der Waals surface area contributed by atoms with Gasteiger partial charge in [-0.2, -0.15) is 4.98 Å². The predicted molar refractivity (Wildman–Crippen MR) is 119 cm³/mol. The number of nitrogens with zero attached hydrogens (tertiary/aromatic N) is 3. The Morgan fingerprint density at radius 3 is 2.45 bits per heavy atom. The highest BCUT2D eigenvalue weighted by molar-refractivity contribution is 5.57. The number of allylic oxidation sites excluding steroid dienone is 1. The van der Waals surface area contributed by atoms with E-state index in [9.17, 15) is 4.39 Å². The molecule has 0 radical (unpaired) electrons. The fourth-order valence-electron chi connectivity index (χ4n) is 4.46. The van der Waals surface area contributed by atoms with Gasteiger partial charge in [0, 0.05) is 17.7 Å².